The Hall–Kier alpha value is -4.58. The quantitative estimate of drug-likeness (QED) is 0.350. The highest BCUT2D eigenvalue weighted by Crippen LogP contribution is 2.63. The second-order valence-electron chi connectivity index (χ2n) is 11.8. The molecule has 42 heavy (non-hydrogen) atoms. The van der Waals surface area contributed by atoms with Crippen molar-refractivity contribution < 1.29 is 24.3 Å². The fraction of sp³-hybridized carbons (Fsp3) is 0.278. The van der Waals surface area contributed by atoms with Gasteiger partial charge in [-0.3, -0.25) is 24.1 Å². The zero-order chi connectivity index (χ0) is 29.2. The second-order valence-corrected chi connectivity index (χ2v) is 11.8. The number of fused-ring (bicyclic) bond motifs is 4. The maximum absolute atomic E-state index is 14.8. The largest absolute Gasteiger partial charge is 0.508 e. The topological polar surface area (TPSA) is 91.8 Å². The van der Waals surface area contributed by atoms with E-state index in [1.807, 2.05) is 79.7 Å². The number of hydrogen-bond acceptors (Lipinski definition) is 5. The molecule has 1 saturated carbocycles. The van der Waals surface area contributed by atoms with Crippen molar-refractivity contribution in [1.29, 1.82) is 0 Å². The summed E-state index contributed by atoms with van der Waals surface area (Å²) in [6, 6.07) is 25.6. The number of allylic oxidation sites excluding steroid dienone is 4. The molecule has 1 saturated heterocycles. The Morgan fingerprint density at radius 3 is 2.17 bits per heavy atom. The normalized spacial score (nSPS) is 30.3. The average Bonchev–Trinajstić information content (AvgIpc) is 3.27. The number of amides is 2. The van der Waals surface area contributed by atoms with Gasteiger partial charge in [0.15, 0.2) is 11.6 Å². The number of carbonyl (C=O) groups is 4. The van der Waals surface area contributed by atoms with Crippen molar-refractivity contribution in [3.05, 3.63) is 119 Å². The summed E-state index contributed by atoms with van der Waals surface area (Å²) in [6.45, 7) is 2.12. The van der Waals surface area contributed by atoms with E-state index in [0.29, 0.717) is 30.5 Å². The lowest BCUT2D eigenvalue weighted by Gasteiger charge is -2.55. The Balaban J connectivity index is 1.51. The molecule has 7 rings (SSSR count). The number of benzene rings is 3. The van der Waals surface area contributed by atoms with Crippen LogP contribution in [0.25, 0.3) is 5.57 Å². The number of hydrogen-bond donors (Lipinski definition) is 1. The number of phenols is 1. The third-order valence-corrected chi connectivity index (χ3v) is 10.0. The Kier molecular flexibility index (Phi) is 6.12. The molecule has 3 aliphatic carbocycles. The van der Waals surface area contributed by atoms with Crippen LogP contribution in [0.3, 0.4) is 0 Å². The van der Waals surface area contributed by atoms with Crippen LogP contribution in [-0.2, 0) is 24.6 Å². The van der Waals surface area contributed by atoms with Crippen molar-refractivity contribution >= 4 is 29.0 Å². The molecule has 2 amide bonds. The molecule has 2 fully saturated rings. The van der Waals surface area contributed by atoms with Crippen LogP contribution in [0.2, 0.25) is 0 Å². The molecule has 1 heterocycles. The molecule has 3 aromatic carbocycles. The number of Topliss-reactive ketones (excluding diaryl/α,β-unsaturated/α-hetero) is 1. The van der Waals surface area contributed by atoms with E-state index in [-0.39, 0.29) is 35.0 Å². The van der Waals surface area contributed by atoms with E-state index in [9.17, 15) is 24.3 Å². The zero-order valence-corrected chi connectivity index (χ0v) is 23.3. The number of imide groups is 1. The van der Waals surface area contributed by atoms with Gasteiger partial charge in [0.2, 0.25) is 11.8 Å². The number of nitrogens with zero attached hydrogens (tertiary/aromatic N) is 1. The minimum Gasteiger partial charge on any atom is -0.508 e. The maximum Gasteiger partial charge on any atom is 0.233 e. The van der Waals surface area contributed by atoms with E-state index in [2.05, 4.69) is 6.08 Å². The molecule has 1 N–H and O–H groups in total. The SMILES string of the molecule is CCN1C(=O)C2CC=C3C(CC4C(=O)C(c5ccccc5)=CC(=O)C4(c4ccccc4)C3c3ccc(O)cc3)C2C1=O. The fourth-order valence-electron chi connectivity index (χ4n) is 8.29. The van der Waals surface area contributed by atoms with Crippen LogP contribution < -0.4 is 0 Å². The van der Waals surface area contributed by atoms with E-state index < -0.39 is 29.1 Å². The summed E-state index contributed by atoms with van der Waals surface area (Å²) in [5.74, 6) is -3.24. The highest BCUT2D eigenvalue weighted by Gasteiger charge is 2.65. The number of carbonyl (C=O) groups excluding carboxylic acids is 4. The molecule has 0 aromatic heterocycles. The van der Waals surface area contributed by atoms with Gasteiger partial charge in [0, 0.05) is 24.0 Å². The Labute approximate surface area is 244 Å². The zero-order valence-electron chi connectivity index (χ0n) is 23.3. The van der Waals surface area contributed by atoms with E-state index in [0.717, 1.165) is 16.7 Å². The molecule has 4 aliphatic rings. The molecule has 0 radical (unpaired) electrons. The minimum absolute atomic E-state index is 0.0987. The first-order chi connectivity index (χ1) is 20.4. The highest BCUT2D eigenvalue weighted by atomic mass is 16.3. The lowest BCUT2D eigenvalue weighted by atomic mass is 9.44. The Bertz CT molecular complexity index is 1670. The summed E-state index contributed by atoms with van der Waals surface area (Å²) in [5, 5.41) is 10.2. The van der Waals surface area contributed by atoms with Crippen LogP contribution in [-0.4, -0.2) is 39.9 Å². The van der Waals surface area contributed by atoms with Crippen molar-refractivity contribution in [3.8, 4) is 5.75 Å². The summed E-state index contributed by atoms with van der Waals surface area (Å²) >= 11 is 0. The minimum atomic E-state index is -1.25. The molecule has 210 valence electrons. The predicted octanol–water partition coefficient (Wildman–Crippen LogP) is 5.24. The summed E-state index contributed by atoms with van der Waals surface area (Å²) < 4.78 is 0. The first-order valence-electron chi connectivity index (χ1n) is 14.6. The molecule has 0 bridgehead atoms. The van der Waals surface area contributed by atoms with Crippen LogP contribution >= 0.6 is 0 Å². The van der Waals surface area contributed by atoms with Gasteiger partial charge >= 0.3 is 0 Å². The molecule has 0 spiro atoms. The fourth-order valence-corrected chi connectivity index (χ4v) is 8.29. The third-order valence-electron chi connectivity index (χ3n) is 10.0. The highest BCUT2D eigenvalue weighted by molar-refractivity contribution is 6.31. The lowest BCUT2D eigenvalue weighted by molar-refractivity contribution is -0.140. The monoisotopic (exact) mass is 557 g/mol. The van der Waals surface area contributed by atoms with Crippen molar-refractivity contribution in [1.82, 2.24) is 4.90 Å². The predicted molar refractivity (Wildman–Crippen MR) is 157 cm³/mol. The molecule has 1 aliphatic heterocycles. The smallest absolute Gasteiger partial charge is 0.233 e. The number of ketones is 2. The third kappa shape index (κ3) is 3.57. The van der Waals surface area contributed by atoms with Crippen LogP contribution in [0.4, 0.5) is 0 Å². The second kappa shape index (κ2) is 9.76. The number of phenolic OH excluding ortho intramolecular Hbond substituents is 1. The van der Waals surface area contributed by atoms with E-state index in [1.54, 1.807) is 12.1 Å². The van der Waals surface area contributed by atoms with Crippen molar-refractivity contribution in [2.24, 2.45) is 23.7 Å². The van der Waals surface area contributed by atoms with Crippen LogP contribution in [0, 0.1) is 23.7 Å². The van der Waals surface area contributed by atoms with Gasteiger partial charge in [0.05, 0.1) is 17.3 Å². The number of rotatable bonds is 4. The molecule has 6 heteroatoms. The van der Waals surface area contributed by atoms with Gasteiger partial charge in [-0.05, 0) is 60.6 Å². The maximum atomic E-state index is 14.8. The van der Waals surface area contributed by atoms with Gasteiger partial charge in [-0.1, -0.05) is 84.4 Å². The van der Waals surface area contributed by atoms with Gasteiger partial charge in [-0.15, -0.1) is 0 Å². The van der Waals surface area contributed by atoms with Gasteiger partial charge in [0.1, 0.15) is 5.75 Å². The molecular formula is C36H31NO5. The van der Waals surface area contributed by atoms with Gasteiger partial charge in [-0.2, -0.15) is 0 Å². The Morgan fingerprint density at radius 2 is 1.50 bits per heavy atom. The molecule has 3 aromatic rings. The summed E-state index contributed by atoms with van der Waals surface area (Å²) in [4.78, 5) is 57.9. The molecule has 6 atom stereocenters. The molecular weight excluding hydrogens is 526 g/mol. The average molecular weight is 558 g/mol. The first kappa shape index (κ1) is 26.3. The van der Waals surface area contributed by atoms with Crippen molar-refractivity contribution in [2.75, 3.05) is 6.54 Å². The first-order valence-corrected chi connectivity index (χ1v) is 14.6. The summed E-state index contributed by atoms with van der Waals surface area (Å²) in [5.41, 5.74) is 2.28. The van der Waals surface area contributed by atoms with E-state index in [1.165, 1.54) is 11.0 Å². The van der Waals surface area contributed by atoms with Gasteiger partial charge < -0.3 is 5.11 Å². The van der Waals surface area contributed by atoms with Gasteiger partial charge in [0.25, 0.3) is 0 Å². The summed E-state index contributed by atoms with van der Waals surface area (Å²) in [6.07, 6.45) is 4.28. The van der Waals surface area contributed by atoms with E-state index in [4.69, 9.17) is 0 Å². The van der Waals surface area contributed by atoms with Crippen LogP contribution in [0.1, 0.15) is 42.4 Å². The molecule has 6 unspecified atom stereocenters. The standard InChI is InChI=1S/C36H31NO5/c1-2-37-34(41)26-18-17-25-28(31(26)35(37)42)19-29-33(40)27(21-9-5-3-6-10-21)20-30(39)36(29,23-11-7-4-8-12-23)32(25)22-13-15-24(38)16-14-22/h3-17,20,26,28-29,31-32,38H,2,18-19H2,1H3. The number of likely N-dealkylation sites (tertiary alicyclic amines) is 1. The number of aromatic hydroxyl groups is 1. The lowest BCUT2D eigenvalue weighted by Crippen LogP contribution is -2.58. The van der Waals surface area contributed by atoms with Crippen LogP contribution in [0.15, 0.2) is 103 Å². The Morgan fingerprint density at radius 1 is 0.833 bits per heavy atom. The van der Waals surface area contributed by atoms with Crippen LogP contribution in [0.5, 0.6) is 5.75 Å². The summed E-state index contributed by atoms with van der Waals surface area (Å²) in [7, 11) is 0. The van der Waals surface area contributed by atoms with Crippen molar-refractivity contribution in [3.63, 3.8) is 0 Å². The van der Waals surface area contributed by atoms with Gasteiger partial charge in [-0.25, -0.2) is 0 Å². The van der Waals surface area contributed by atoms with Crippen molar-refractivity contribution in [2.45, 2.75) is 31.1 Å². The van der Waals surface area contributed by atoms with E-state index >= 15 is 0 Å². The molecule has 6 nitrogen and oxygen atoms in total.